The third-order valence-electron chi connectivity index (χ3n) is 5.59. The van der Waals surface area contributed by atoms with Crippen molar-refractivity contribution in [3.63, 3.8) is 0 Å². The van der Waals surface area contributed by atoms with Gasteiger partial charge in [0.1, 0.15) is 28.2 Å². The number of rotatable bonds is 1. The van der Waals surface area contributed by atoms with E-state index in [1.807, 2.05) is 0 Å². The molecule has 0 amide bonds. The SMILES string of the molecule is C=C(C)[C@@H]1CC[C@@]2(C)Oc3cc4oc(=O)ccc4c(O)c3C(=O)[C@]12O. The Labute approximate surface area is 143 Å². The number of carbonyl (C=O) groups excluding carboxylic acids is 1. The molecule has 2 heterocycles. The monoisotopic (exact) mass is 342 g/mol. The number of aliphatic hydroxyl groups is 1. The van der Waals surface area contributed by atoms with E-state index in [-0.39, 0.29) is 28.0 Å². The van der Waals surface area contributed by atoms with E-state index in [0.717, 1.165) is 6.07 Å². The predicted octanol–water partition coefficient (Wildman–Crippen LogP) is 2.55. The zero-order chi connectivity index (χ0) is 18.1. The molecule has 3 atom stereocenters. The molecule has 2 aromatic rings. The number of phenolic OH excluding ortho intramolecular Hbond substituents is 1. The van der Waals surface area contributed by atoms with E-state index in [2.05, 4.69) is 6.58 Å². The summed E-state index contributed by atoms with van der Waals surface area (Å²) in [7, 11) is 0. The highest BCUT2D eigenvalue weighted by molar-refractivity contribution is 6.12. The highest BCUT2D eigenvalue weighted by Crippen LogP contribution is 2.56. The molecule has 1 aliphatic heterocycles. The Morgan fingerprint density at radius 1 is 1.36 bits per heavy atom. The van der Waals surface area contributed by atoms with Crippen LogP contribution in [0.5, 0.6) is 11.5 Å². The molecule has 0 unspecified atom stereocenters. The number of hydrogen-bond donors (Lipinski definition) is 2. The fourth-order valence-electron chi connectivity index (χ4n) is 4.23. The van der Waals surface area contributed by atoms with Crippen molar-refractivity contribution in [1.29, 1.82) is 0 Å². The maximum absolute atomic E-state index is 13.2. The van der Waals surface area contributed by atoms with Crippen molar-refractivity contribution in [2.45, 2.75) is 37.9 Å². The number of benzene rings is 1. The minimum Gasteiger partial charge on any atom is -0.506 e. The van der Waals surface area contributed by atoms with Gasteiger partial charge in [0.2, 0.25) is 5.78 Å². The van der Waals surface area contributed by atoms with Crippen LogP contribution in [-0.4, -0.2) is 27.2 Å². The standard InChI is InChI=1S/C19H18O6/c1-9(2)11-6-7-18(3)19(11,23)17(22)15-13(25-18)8-12-10(16(15)21)4-5-14(20)24-12/h4-5,8,11,21,23H,1,6-7H2,2-3H3/t11-,18+,19+/m0/s1. The van der Waals surface area contributed by atoms with Gasteiger partial charge in [-0.1, -0.05) is 12.2 Å². The molecular formula is C19H18O6. The molecule has 1 aliphatic carbocycles. The lowest BCUT2D eigenvalue weighted by Gasteiger charge is -2.45. The number of phenols is 1. The van der Waals surface area contributed by atoms with Crippen LogP contribution in [0.15, 0.2) is 39.6 Å². The van der Waals surface area contributed by atoms with E-state index in [0.29, 0.717) is 18.4 Å². The molecule has 0 radical (unpaired) electrons. The van der Waals surface area contributed by atoms with Crippen molar-refractivity contribution >= 4 is 16.8 Å². The van der Waals surface area contributed by atoms with Gasteiger partial charge in [-0.15, -0.1) is 0 Å². The third-order valence-corrected chi connectivity index (χ3v) is 5.59. The first-order chi connectivity index (χ1) is 11.7. The molecule has 0 saturated heterocycles. The van der Waals surface area contributed by atoms with E-state index < -0.39 is 28.5 Å². The molecule has 6 heteroatoms. The van der Waals surface area contributed by atoms with E-state index >= 15 is 0 Å². The normalized spacial score (nSPS) is 30.7. The first kappa shape index (κ1) is 15.9. The predicted molar refractivity (Wildman–Crippen MR) is 90.0 cm³/mol. The van der Waals surface area contributed by atoms with Crippen LogP contribution in [0.4, 0.5) is 0 Å². The quantitative estimate of drug-likeness (QED) is 0.611. The number of hydrogen-bond acceptors (Lipinski definition) is 6. The molecule has 0 spiro atoms. The lowest BCUT2D eigenvalue weighted by atomic mass is 9.72. The molecule has 1 fully saturated rings. The van der Waals surface area contributed by atoms with Crippen molar-refractivity contribution in [1.82, 2.24) is 0 Å². The molecule has 1 saturated carbocycles. The molecule has 6 nitrogen and oxygen atoms in total. The van der Waals surface area contributed by atoms with Gasteiger partial charge in [-0.2, -0.15) is 0 Å². The van der Waals surface area contributed by atoms with Gasteiger partial charge in [-0.05, 0) is 32.8 Å². The van der Waals surface area contributed by atoms with E-state index in [1.54, 1.807) is 13.8 Å². The topological polar surface area (TPSA) is 97.0 Å². The van der Waals surface area contributed by atoms with Gasteiger partial charge < -0.3 is 19.4 Å². The Bertz CT molecular complexity index is 1000. The first-order valence-corrected chi connectivity index (χ1v) is 8.10. The van der Waals surface area contributed by atoms with Crippen molar-refractivity contribution in [2.75, 3.05) is 0 Å². The van der Waals surface area contributed by atoms with Crippen LogP contribution >= 0.6 is 0 Å². The highest BCUT2D eigenvalue weighted by Gasteiger charge is 2.66. The van der Waals surface area contributed by atoms with Crippen molar-refractivity contribution in [3.8, 4) is 11.5 Å². The molecular weight excluding hydrogens is 324 g/mol. The van der Waals surface area contributed by atoms with E-state index in [4.69, 9.17) is 9.15 Å². The minimum atomic E-state index is -1.80. The van der Waals surface area contributed by atoms with Gasteiger partial charge >= 0.3 is 5.63 Å². The summed E-state index contributed by atoms with van der Waals surface area (Å²) in [6, 6.07) is 3.96. The van der Waals surface area contributed by atoms with Crippen LogP contribution in [0.1, 0.15) is 37.0 Å². The fraction of sp³-hybridized carbons (Fsp3) is 0.368. The van der Waals surface area contributed by atoms with Gasteiger partial charge in [0.15, 0.2) is 5.60 Å². The van der Waals surface area contributed by atoms with Crippen LogP contribution in [0.2, 0.25) is 0 Å². The summed E-state index contributed by atoms with van der Waals surface area (Å²) >= 11 is 0. The molecule has 2 aliphatic rings. The number of ketones is 1. The number of aromatic hydroxyl groups is 1. The lowest BCUT2D eigenvalue weighted by molar-refractivity contribution is -0.0990. The summed E-state index contributed by atoms with van der Waals surface area (Å²) in [4.78, 5) is 24.7. The van der Waals surface area contributed by atoms with Crippen molar-refractivity contribution < 1.29 is 24.2 Å². The number of Topliss-reactive ketones (excluding diaryl/α,β-unsaturated/α-hetero) is 1. The van der Waals surface area contributed by atoms with Crippen LogP contribution in [0.25, 0.3) is 11.0 Å². The Kier molecular flexibility index (Phi) is 3.01. The second-order valence-corrected chi connectivity index (χ2v) is 7.13. The average molecular weight is 342 g/mol. The smallest absolute Gasteiger partial charge is 0.336 e. The maximum Gasteiger partial charge on any atom is 0.336 e. The highest BCUT2D eigenvalue weighted by atomic mass is 16.5. The van der Waals surface area contributed by atoms with Gasteiger partial charge in [-0.25, -0.2) is 4.79 Å². The summed E-state index contributed by atoms with van der Waals surface area (Å²) in [6.45, 7) is 7.35. The van der Waals surface area contributed by atoms with Crippen LogP contribution < -0.4 is 10.4 Å². The average Bonchev–Trinajstić information content (AvgIpc) is 2.80. The Balaban J connectivity index is 2.02. The molecule has 4 rings (SSSR count). The lowest BCUT2D eigenvalue weighted by Crippen LogP contribution is -2.62. The number of carbonyl (C=O) groups is 1. The van der Waals surface area contributed by atoms with Crippen molar-refractivity contribution in [2.24, 2.45) is 5.92 Å². The summed E-state index contributed by atoms with van der Waals surface area (Å²) in [6.07, 6.45) is 1.02. The maximum atomic E-state index is 13.2. The Morgan fingerprint density at radius 2 is 2.08 bits per heavy atom. The summed E-state index contributed by atoms with van der Waals surface area (Å²) in [5.41, 5.74) is -2.78. The van der Waals surface area contributed by atoms with Gasteiger partial charge in [-0.3, -0.25) is 4.79 Å². The van der Waals surface area contributed by atoms with Crippen LogP contribution in [-0.2, 0) is 0 Å². The second-order valence-electron chi connectivity index (χ2n) is 7.13. The summed E-state index contributed by atoms with van der Waals surface area (Å²) < 4.78 is 11.1. The second kappa shape index (κ2) is 4.73. The van der Waals surface area contributed by atoms with E-state index in [9.17, 15) is 19.8 Å². The van der Waals surface area contributed by atoms with Gasteiger partial charge in [0.05, 0.1) is 5.39 Å². The molecule has 2 N–H and O–H groups in total. The summed E-state index contributed by atoms with van der Waals surface area (Å²) in [5.74, 6) is -1.29. The molecule has 130 valence electrons. The van der Waals surface area contributed by atoms with Gasteiger partial charge in [0.25, 0.3) is 0 Å². The van der Waals surface area contributed by atoms with Gasteiger partial charge in [0, 0.05) is 18.1 Å². The largest absolute Gasteiger partial charge is 0.506 e. The third kappa shape index (κ3) is 1.83. The Morgan fingerprint density at radius 3 is 2.76 bits per heavy atom. The summed E-state index contributed by atoms with van der Waals surface area (Å²) in [5, 5.41) is 22.2. The molecule has 1 aromatic heterocycles. The zero-order valence-electron chi connectivity index (χ0n) is 14.0. The van der Waals surface area contributed by atoms with Crippen LogP contribution in [0.3, 0.4) is 0 Å². The molecule has 1 aromatic carbocycles. The van der Waals surface area contributed by atoms with E-state index in [1.165, 1.54) is 12.1 Å². The number of fused-ring (bicyclic) bond motifs is 3. The van der Waals surface area contributed by atoms with Crippen molar-refractivity contribution in [3.05, 3.63) is 46.3 Å². The zero-order valence-corrected chi connectivity index (χ0v) is 14.0. The molecule has 0 bridgehead atoms. The number of ether oxygens (including phenoxy) is 1. The molecule has 25 heavy (non-hydrogen) atoms. The Hall–Kier alpha value is -2.60. The fourth-order valence-corrected chi connectivity index (χ4v) is 4.23. The minimum absolute atomic E-state index is 0.0885. The van der Waals surface area contributed by atoms with Crippen LogP contribution in [0, 0.1) is 5.92 Å². The first-order valence-electron chi connectivity index (χ1n) is 8.10.